The Hall–Kier alpha value is -3.09. The van der Waals surface area contributed by atoms with Crippen LogP contribution in [0.15, 0.2) is 89.9 Å². The highest BCUT2D eigenvalue weighted by Crippen LogP contribution is 2.40. The third-order valence-corrected chi connectivity index (χ3v) is 12.6. The van der Waals surface area contributed by atoms with Crippen molar-refractivity contribution in [3.05, 3.63) is 96.1 Å². The van der Waals surface area contributed by atoms with E-state index in [9.17, 15) is 0 Å². The Labute approximate surface area is 324 Å². The van der Waals surface area contributed by atoms with Crippen molar-refractivity contribution in [3.63, 3.8) is 0 Å². The molecule has 0 bridgehead atoms. The molecule has 0 aliphatic rings. The van der Waals surface area contributed by atoms with E-state index in [1.807, 2.05) is 0 Å². The summed E-state index contributed by atoms with van der Waals surface area (Å²) in [4.78, 5) is 16.2. The van der Waals surface area contributed by atoms with Crippen molar-refractivity contribution in [1.29, 1.82) is 0 Å². The first-order valence-electron chi connectivity index (χ1n) is 21.2. The normalized spacial score (nSPS) is 12.9. The van der Waals surface area contributed by atoms with Gasteiger partial charge < -0.3 is 19.6 Å². The number of aliphatic imine (C=N–C) groups is 1. The van der Waals surface area contributed by atoms with Gasteiger partial charge in [-0.1, -0.05) is 140 Å². The van der Waals surface area contributed by atoms with Crippen LogP contribution in [0.5, 0.6) is 0 Å². The van der Waals surface area contributed by atoms with E-state index in [-0.39, 0.29) is 10.8 Å². The van der Waals surface area contributed by atoms with Gasteiger partial charge in [0.2, 0.25) is 0 Å². The Balaban J connectivity index is 1.94. The Morgan fingerprint density at radius 2 is 0.792 bits per heavy atom. The van der Waals surface area contributed by atoms with Gasteiger partial charge in [-0.25, -0.2) is 0 Å². The predicted octanol–water partition coefficient (Wildman–Crippen LogP) is 10.2. The SMILES string of the molecule is CCN(CC)CCC(C=NCC(CCN(CC)CC)(CCN(CC)CC)c1cccc2ccccc12)(CCN(CC)CC)c1cccc2ccccc12. The standard InChI is InChI=1S/C48H73N5/c1-9-50(10-2)35-31-47(32-36-51(11-3)12-4,45-29-21-25-41-23-17-19-27-43(41)45)39-49-40-48(33-37-52(13-5)14-6,34-38-53(15-7)16-8)46-30-22-26-42-24-18-20-28-44(42)46/h17-30,39H,9-16,31-38,40H2,1-8H3. The topological polar surface area (TPSA) is 25.3 Å². The van der Waals surface area contributed by atoms with Gasteiger partial charge in [0, 0.05) is 23.6 Å². The number of nitrogens with zero attached hydrogens (tertiary/aromatic N) is 5. The van der Waals surface area contributed by atoms with Gasteiger partial charge in [-0.15, -0.1) is 0 Å². The summed E-state index contributed by atoms with van der Waals surface area (Å²) >= 11 is 0. The number of hydrogen-bond acceptors (Lipinski definition) is 5. The fourth-order valence-electron chi connectivity index (χ4n) is 8.59. The monoisotopic (exact) mass is 720 g/mol. The lowest BCUT2D eigenvalue weighted by Crippen LogP contribution is -2.41. The molecule has 0 N–H and O–H groups in total. The Morgan fingerprint density at radius 1 is 0.434 bits per heavy atom. The van der Waals surface area contributed by atoms with Crippen LogP contribution in [-0.2, 0) is 10.8 Å². The first-order valence-corrected chi connectivity index (χ1v) is 21.2. The first kappa shape index (κ1) is 42.6. The van der Waals surface area contributed by atoms with Crippen molar-refractivity contribution in [2.75, 3.05) is 85.1 Å². The van der Waals surface area contributed by atoms with Crippen molar-refractivity contribution in [1.82, 2.24) is 19.6 Å². The van der Waals surface area contributed by atoms with E-state index < -0.39 is 0 Å². The van der Waals surface area contributed by atoms with Gasteiger partial charge in [-0.05, 0) is 137 Å². The highest BCUT2D eigenvalue weighted by Gasteiger charge is 2.36. The zero-order valence-corrected chi connectivity index (χ0v) is 34.9. The van der Waals surface area contributed by atoms with E-state index in [0.717, 1.165) is 111 Å². The molecule has 0 amide bonds. The molecule has 0 heterocycles. The minimum atomic E-state index is -0.200. The fourth-order valence-corrected chi connectivity index (χ4v) is 8.59. The highest BCUT2D eigenvalue weighted by molar-refractivity contribution is 5.91. The van der Waals surface area contributed by atoms with Crippen LogP contribution in [0.25, 0.3) is 21.5 Å². The predicted molar refractivity (Wildman–Crippen MR) is 234 cm³/mol. The molecule has 0 unspecified atom stereocenters. The molecule has 53 heavy (non-hydrogen) atoms. The van der Waals surface area contributed by atoms with Gasteiger partial charge in [0.1, 0.15) is 0 Å². The molecule has 0 saturated carbocycles. The van der Waals surface area contributed by atoms with Gasteiger partial charge in [0.05, 0.1) is 0 Å². The van der Waals surface area contributed by atoms with Gasteiger partial charge in [0.25, 0.3) is 0 Å². The van der Waals surface area contributed by atoms with Gasteiger partial charge >= 0.3 is 0 Å². The summed E-state index contributed by atoms with van der Waals surface area (Å²) in [6.45, 7) is 32.0. The minimum Gasteiger partial charge on any atom is -0.304 e. The number of rotatable bonds is 25. The van der Waals surface area contributed by atoms with E-state index in [1.54, 1.807) is 0 Å². The summed E-state index contributed by atoms with van der Waals surface area (Å²) in [6, 6.07) is 32.0. The molecule has 5 nitrogen and oxygen atoms in total. The molecular formula is C48H73N5. The maximum atomic E-state index is 5.80. The summed E-state index contributed by atoms with van der Waals surface area (Å²) in [5.74, 6) is 0. The second kappa shape index (κ2) is 21.7. The van der Waals surface area contributed by atoms with E-state index in [2.05, 4.69) is 166 Å². The third kappa shape index (κ3) is 11.0. The molecule has 0 saturated heterocycles. The van der Waals surface area contributed by atoms with Gasteiger partial charge in [0.15, 0.2) is 0 Å². The van der Waals surface area contributed by atoms with Gasteiger partial charge in [-0.2, -0.15) is 0 Å². The summed E-state index contributed by atoms with van der Waals surface area (Å²) < 4.78 is 0. The summed E-state index contributed by atoms with van der Waals surface area (Å²) in [5.41, 5.74) is 2.59. The average Bonchev–Trinajstić information content (AvgIpc) is 3.21. The average molecular weight is 720 g/mol. The molecule has 0 fully saturated rings. The highest BCUT2D eigenvalue weighted by atomic mass is 15.1. The molecule has 0 spiro atoms. The molecule has 0 aromatic heterocycles. The molecule has 4 aromatic carbocycles. The van der Waals surface area contributed by atoms with Crippen LogP contribution >= 0.6 is 0 Å². The van der Waals surface area contributed by atoms with Crippen LogP contribution in [0.1, 0.15) is 92.2 Å². The second-order valence-electron chi connectivity index (χ2n) is 15.1. The lowest BCUT2D eigenvalue weighted by atomic mass is 9.71. The van der Waals surface area contributed by atoms with Crippen LogP contribution in [0, 0.1) is 0 Å². The number of benzene rings is 4. The molecule has 4 aromatic rings. The minimum absolute atomic E-state index is 0.106. The summed E-state index contributed by atoms with van der Waals surface area (Å²) in [5, 5.41) is 5.39. The molecule has 0 radical (unpaired) electrons. The molecule has 5 heteroatoms. The van der Waals surface area contributed by atoms with Crippen LogP contribution in [0.4, 0.5) is 0 Å². The summed E-state index contributed by atoms with van der Waals surface area (Å²) in [6.07, 6.45) is 6.74. The maximum absolute atomic E-state index is 5.80. The molecular weight excluding hydrogens is 647 g/mol. The second-order valence-corrected chi connectivity index (χ2v) is 15.1. The molecule has 0 aliphatic heterocycles. The Kier molecular flexibility index (Phi) is 17.5. The smallest absolute Gasteiger partial charge is 0.0483 e. The lowest BCUT2D eigenvalue weighted by Gasteiger charge is -2.39. The van der Waals surface area contributed by atoms with E-state index in [1.165, 1.54) is 32.7 Å². The van der Waals surface area contributed by atoms with Crippen LogP contribution in [0.3, 0.4) is 0 Å². The zero-order chi connectivity index (χ0) is 38.1. The van der Waals surface area contributed by atoms with Crippen molar-refractivity contribution < 1.29 is 0 Å². The summed E-state index contributed by atoms with van der Waals surface area (Å²) in [7, 11) is 0. The van der Waals surface area contributed by atoms with Crippen LogP contribution < -0.4 is 0 Å². The Morgan fingerprint density at radius 3 is 1.23 bits per heavy atom. The van der Waals surface area contributed by atoms with Gasteiger partial charge in [-0.3, -0.25) is 4.99 Å². The van der Waals surface area contributed by atoms with Crippen molar-refractivity contribution in [2.24, 2.45) is 4.99 Å². The number of fused-ring (bicyclic) bond motifs is 2. The van der Waals surface area contributed by atoms with Crippen LogP contribution in [-0.4, -0.2) is 111 Å². The van der Waals surface area contributed by atoms with E-state index in [4.69, 9.17) is 4.99 Å². The number of hydrogen-bond donors (Lipinski definition) is 0. The molecule has 4 rings (SSSR count). The fraction of sp³-hybridized carbons (Fsp3) is 0.562. The first-order chi connectivity index (χ1) is 25.9. The lowest BCUT2D eigenvalue weighted by molar-refractivity contribution is 0.220. The van der Waals surface area contributed by atoms with Crippen molar-refractivity contribution >= 4 is 27.8 Å². The third-order valence-electron chi connectivity index (χ3n) is 12.6. The molecule has 290 valence electrons. The van der Waals surface area contributed by atoms with Crippen molar-refractivity contribution in [3.8, 4) is 0 Å². The zero-order valence-electron chi connectivity index (χ0n) is 34.9. The van der Waals surface area contributed by atoms with E-state index in [0.29, 0.717) is 0 Å². The largest absolute Gasteiger partial charge is 0.304 e. The van der Waals surface area contributed by atoms with Crippen LogP contribution in [0.2, 0.25) is 0 Å². The van der Waals surface area contributed by atoms with Crippen molar-refractivity contribution in [2.45, 2.75) is 91.9 Å². The quantitative estimate of drug-likeness (QED) is 0.0637. The maximum Gasteiger partial charge on any atom is 0.0483 e. The molecule has 0 atom stereocenters. The van der Waals surface area contributed by atoms with E-state index >= 15 is 0 Å². The molecule has 0 aliphatic carbocycles. The Bertz CT molecular complexity index is 1600.